The van der Waals surface area contributed by atoms with Gasteiger partial charge in [0.05, 0.1) is 5.69 Å². The molecule has 13 heavy (non-hydrogen) atoms. The number of anilines is 1. The van der Waals surface area contributed by atoms with Crippen molar-refractivity contribution in [1.29, 1.82) is 0 Å². The van der Waals surface area contributed by atoms with Gasteiger partial charge in [-0.25, -0.2) is 4.39 Å². The summed E-state index contributed by atoms with van der Waals surface area (Å²) in [5.74, 6) is -0.119. The molecule has 1 aliphatic carbocycles. The summed E-state index contributed by atoms with van der Waals surface area (Å²) in [7, 11) is 1.95. The predicted octanol–water partition coefficient (Wildman–Crippen LogP) is 2.85. The molecule has 1 aromatic carbocycles. The maximum absolute atomic E-state index is 13.2. The van der Waals surface area contributed by atoms with Crippen LogP contribution in [0.15, 0.2) is 24.3 Å². The van der Waals surface area contributed by atoms with Crippen molar-refractivity contribution in [2.75, 3.05) is 11.9 Å². The summed E-state index contributed by atoms with van der Waals surface area (Å²) in [6, 6.07) is 7.50. The highest BCUT2D eigenvalue weighted by Gasteiger charge is 2.27. The van der Waals surface area contributed by atoms with E-state index < -0.39 is 0 Å². The van der Waals surface area contributed by atoms with E-state index in [0.717, 1.165) is 5.69 Å². The van der Waals surface area contributed by atoms with Crippen LogP contribution in [0.5, 0.6) is 0 Å². The molecule has 72 valence electrons. The third-order valence-corrected chi connectivity index (χ3v) is 2.33. The molecule has 3 heteroatoms. The highest BCUT2D eigenvalue weighted by atomic mass is 35.5. The summed E-state index contributed by atoms with van der Waals surface area (Å²) in [5.41, 5.74) is 0.722. The van der Waals surface area contributed by atoms with Gasteiger partial charge >= 0.3 is 0 Å². The Balaban J connectivity index is 0.000000845. The van der Waals surface area contributed by atoms with E-state index in [9.17, 15) is 4.39 Å². The minimum absolute atomic E-state index is 0. The summed E-state index contributed by atoms with van der Waals surface area (Å²) in [6.07, 6.45) is 2.40. The number of para-hydroxylation sites is 1. The molecule has 0 amide bonds. The van der Waals surface area contributed by atoms with E-state index in [1.54, 1.807) is 6.07 Å². The molecule has 0 N–H and O–H groups in total. The fourth-order valence-corrected chi connectivity index (χ4v) is 1.40. The van der Waals surface area contributed by atoms with Crippen molar-refractivity contribution < 1.29 is 4.39 Å². The fourth-order valence-electron chi connectivity index (χ4n) is 1.40. The summed E-state index contributed by atoms with van der Waals surface area (Å²) < 4.78 is 13.2. The molecule has 0 radical (unpaired) electrons. The van der Waals surface area contributed by atoms with Crippen molar-refractivity contribution in [1.82, 2.24) is 0 Å². The first-order valence-electron chi connectivity index (χ1n) is 4.26. The molecular formula is C10H13ClFN. The van der Waals surface area contributed by atoms with Gasteiger partial charge in [-0.15, -0.1) is 12.4 Å². The Morgan fingerprint density at radius 3 is 2.46 bits per heavy atom. The van der Waals surface area contributed by atoms with Gasteiger partial charge < -0.3 is 4.90 Å². The zero-order valence-electron chi connectivity index (χ0n) is 7.53. The van der Waals surface area contributed by atoms with Gasteiger partial charge in [0.15, 0.2) is 0 Å². The molecule has 0 bridgehead atoms. The molecule has 0 aliphatic heterocycles. The summed E-state index contributed by atoms with van der Waals surface area (Å²) >= 11 is 0. The highest BCUT2D eigenvalue weighted by molar-refractivity contribution is 5.85. The van der Waals surface area contributed by atoms with Crippen LogP contribution in [-0.4, -0.2) is 13.1 Å². The lowest BCUT2D eigenvalue weighted by Gasteiger charge is -2.18. The van der Waals surface area contributed by atoms with E-state index in [-0.39, 0.29) is 18.2 Å². The molecule has 0 spiro atoms. The SMILES string of the molecule is CN(c1ccccc1F)C1CC1.Cl. The largest absolute Gasteiger partial charge is 0.369 e. The van der Waals surface area contributed by atoms with Gasteiger partial charge in [-0.2, -0.15) is 0 Å². The maximum Gasteiger partial charge on any atom is 0.146 e. The second kappa shape index (κ2) is 3.97. The number of nitrogens with zero attached hydrogens (tertiary/aromatic N) is 1. The maximum atomic E-state index is 13.2. The van der Waals surface area contributed by atoms with Crippen LogP contribution in [0.2, 0.25) is 0 Å². The zero-order chi connectivity index (χ0) is 8.55. The lowest BCUT2D eigenvalue weighted by molar-refractivity contribution is 0.622. The van der Waals surface area contributed by atoms with E-state index in [0.29, 0.717) is 6.04 Å². The number of benzene rings is 1. The van der Waals surface area contributed by atoms with Crippen LogP contribution in [-0.2, 0) is 0 Å². The van der Waals surface area contributed by atoms with Crippen molar-refractivity contribution in [3.05, 3.63) is 30.1 Å². The van der Waals surface area contributed by atoms with Crippen LogP contribution in [0.25, 0.3) is 0 Å². The third-order valence-electron chi connectivity index (χ3n) is 2.33. The van der Waals surface area contributed by atoms with E-state index >= 15 is 0 Å². The average Bonchev–Trinajstić information content (AvgIpc) is 2.86. The standard InChI is InChI=1S/C10H12FN.ClH/c1-12(8-6-7-8)10-5-3-2-4-9(10)11;/h2-5,8H,6-7H2,1H3;1H. The van der Waals surface area contributed by atoms with E-state index in [1.165, 1.54) is 18.9 Å². The number of halogens is 2. The molecule has 0 saturated heterocycles. The Bertz CT molecular complexity index is 286. The Morgan fingerprint density at radius 1 is 1.31 bits per heavy atom. The lowest BCUT2D eigenvalue weighted by atomic mass is 10.3. The van der Waals surface area contributed by atoms with Gasteiger partial charge in [0.2, 0.25) is 0 Å². The Morgan fingerprint density at radius 2 is 1.92 bits per heavy atom. The smallest absolute Gasteiger partial charge is 0.146 e. The molecule has 1 aliphatic rings. The molecule has 0 unspecified atom stereocenters. The monoisotopic (exact) mass is 201 g/mol. The molecule has 0 aromatic heterocycles. The number of hydrogen-bond acceptors (Lipinski definition) is 1. The minimum Gasteiger partial charge on any atom is -0.369 e. The van der Waals surface area contributed by atoms with Crippen LogP contribution in [0.4, 0.5) is 10.1 Å². The Hall–Kier alpha value is -0.760. The van der Waals surface area contributed by atoms with Crippen molar-refractivity contribution in [2.24, 2.45) is 0 Å². The zero-order valence-corrected chi connectivity index (χ0v) is 8.35. The normalized spacial score (nSPS) is 14.9. The predicted molar refractivity (Wildman–Crippen MR) is 55.1 cm³/mol. The Kier molecular flexibility index (Phi) is 3.15. The Labute approximate surface area is 84.0 Å². The van der Waals surface area contributed by atoms with Gasteiger partial charge in [-0.3, -0.25) is 0 Å². The second-order valence-electron chi connectivity index (χ2n) is 3.29. The van der Waals surface area contributed by atoms with E-state index in [1.807, 2.05) is 24.1 Å². The van der Waals surface area contributed by atoms with Crippen LogP contribution in [0.1, 0.15) is 12.8 Å². The summed E-state index contributed by atoms with van der Waals surface area (Å²) in [4.78, 5) is 2.02. The highest BCUT2D eigenvalue weighted by Crippen LogP contribution is 2.31. The van der Waals surface area contributed by atoms with Crippen LogP contribution in [0, 0.1) is 5.82 Å². The van der Waals surface area contributed by atoms with E-state index in [2.05, 4.69) is 0 Å². The molecule has 1 aromatic rings. The van der Waals surface area contributed by atoms with Crippen molar-refractivity contribution in [3.63, 3.8) is 0 Å². The quantitative estimate of drug-likeness (QED) is 0.711. The molecule has 1 saturated carbocycles. The molecule has 1 nitrogen and oxygen atoms in total. The third kappa shape index (κ3) is 2.13. The molecule has 0 heterocycles. The average molecular weight is 202 g/mol. The van der Waals surface area contributed by atoms with Gasteiger partial charge in [0, 0.05) is 13.1 Å². The lowest BCUT2D eigenvalue weighted by Crippen LogP contribution is -2.20. The summed E-state index contributed by atoms with van der Waals surface area (Å²) in [5, 5.41) is 0. The minimum atomic E-state index is -0.119. The first-order chi connectivity index (χ1) is 5.79. The fraction of sp³-hybridized carbons (Fsp3) is 0.400. The summed E-state index contributed by atoms with van der Waals surface area (Å²) in [6.45, 7) is 0. The van der Waals surface area contributed by atoms with Gasteiger partial charge in [0.1, 0.15) is 5.82 Å². The van der Waals surface area contributed by atoms with Crippen LogP contribution >= 0.6 is 12.4 Å². The number of rotatable bonds is 2. The van der Waals surface area contributed by atoms with Gasteiger partial charge in [0.25, 0.3) is 0 Å². The molecule has 1 fully saturated rings. The molecule has 0 atom stereocenters. The van der Waals surface area contributed by atoms with Crippen molar-refractivity contribution >= 4 is 18.1 Å². The second-order valence-corrected chi connectivity index (χ2v) is 3.29. The molecule has 2 rings (SSSR count). The first-order valence-corrected chi connectivity index (χ1v) is 4.26. The topological polar surface area (TPSA) is 3.24 Å². The molecular weight excluding hydrogens is 189 g/mol. The van der Waals surface area contributed by atoms with Crippen molar-refractivity contribution in [2.45, 2.75) is 18.9 Å². The van der Waals surface area contributed by atoms with Gasteiger partial charge in [-0.1, -0.05) is 12.1 Å². The van der Waals surface area contributed by atoms with Gasteiger partial charge in [-0.05, 0) is 25.0 Å². The first kappa shape index (κ1) is 10.3. The van der Waals surface area contributed by atoms with Crippen molar-refractivity contribution in [3.8, 4) is 0 Å². The van der Waals surface area contributed by atoms with Crippen LogP contribution in [0.3, 0.4) is 0 Å². The van der Waals surface area contributed by atoms with E-state index in [4.69, 9.17) is 0 Å². The number of hydrogen-bond donors (Lipinski definition) is 0. The van der Waals surface area contributed by atoms with Crippen LogP contribution < -0.4 is 4.90 Å².